The second kappa shape index (κ2) is 12.8. The highest BCUT2D eigenvalue weighted by molar-refractivity contribution is 5.79. The van der Waals surface area contributed by atoms with Gasteiger partial charge in [0.2, 0.25) is 5.91 Å². The second-order valence-electron chi connectivity index (χ2n) is 7.10. The summed E-state index contributed by atoms with van der Waals surface area (Å²) in [5, 5.41) is 38.9. The van der Waals surface area contributed by atoms with Gasteiger partial charge in [-0.1, -0.05) is 0 Å². The average Bonchev–Trinajstić information content (AvgIpc) is 3.16. The summed E-state index contributed by atoms with van der Waals surface area (Å²) in [5.74, 6) is -4.93. The monoisotopic (exact) mass is 471 g/mol. The summed E-state index contributed by atoms with van der Waals surface area (Å²) in [6, 6.07) is -3.94. The van der Waals surface area contributed by atoms with Crippen molar-refractivity contribution in [2.45, 2.75) is 50.2 Å². The summed E-state index contributed by atoms with van der Waals surface area (Å²) in [5.41, 5.74) is 18.7. The molecule has 0 fully saturated rings. The van der Waals surface area contributed by atoms with Crippen molar-refractivity contribution in [3.63, 3.8) is 0 Å². The Labute approximate surface area is 188 Å². The molecule has 0 radical (unpaired) electrons. The van der Waals surface area contributed by atoms with Gasteiger partial charge >= 0.3 is 17.9 Å². The molecule has 33 heavy (non-hydrogen) atoms. The van der Waals surface area contributed by atoms with Gasteiger partial charge in [-0.25, -0.2) is 25.0 Å². The molecule has 0 saturated carbocycles. The number of aromatic nitrogens is 2. The predicted molar refractivity (Wildman–Crippen MR) is 113 cm³/mol. The van der Waals surface area contributed by atoms with E-state index in [1.54, 1.807) is 0 Å². The number of nitrogens with two attached hydrogens (primary N) is 3. The quantitative estimate of drug-likeness (QED) is 0.0495. The number of hydrogen-bond donors (Lipinski definition) is 9. The van der Waals surface area contributed by atoms with E-state index in [1.807, 2.05) is 0 Å². The first-order chi connectivity index (χ1) is 15.4. The largest absolute Gasteiger partial charge is 0.480 e. The van der Waals surface area contributed by atoms with Crippen LogP contribution in [0.3, 0.4) is 0 Å². The molecule has 1 amide bonds. The molecule has 0 aliphatic rings. The van der Waals surface area contributed by atoms with Crippen LogP contribution >= 0.6 is 0 Å². The molecule has 0 spiro atoms. The zero-order valence-corrected chi connectivity index (χ0v) is 17.7. The lowest BCUT2D eigenvalue weighted by molar-refractivity contribution is -0.143. The van der Waals surface area contributed by atoms with E-state index in [0.29, 0.717) is 0 Å². The summed E-state index contributed by atoms with van der Waals surface area (Å²) in [6.45, 7) is 0.215. The number of nitrogens with one attached hydrogen (secondary N) is 3. The number of nitrogens with zero attached hydrogens (tertiary/aromatic N) is 3. The van der Waals surface area contributed by atoms with Crippen LogP contribution in [-0.2, 0) is 25.6 Å². The highest BCUT2D eigenvalue weighted by atomic mass is 16.4. The number of rotatable bonds is 16. The maximum atomic E-state index is 11.9. The number of imidazole rings is 1. The first kappa shape index (κ1) is 27.1. The Kier molecular flexibility index (Phi) is 10.5. The van der Waals surface area contributed by atoms with Crippen molar-refractivity contribution in [2.75, 3.05) is 11.7 Å². The molecular weight excluding hydrogens is 442 g/mol. The molecular formula is C17H29N9O7. The molecule has 1 heterocycles. The van der Waals surface area contributed by atoms with Crippen LogP contribution in [0, 0.1) is 5.41 Å². The molecule has 12 N–H and O–H groups in total. The number of guanidine groups is 1. The zero-order valence-electron chi connectivity index (χ0n) is 17.7. The Balaban J connectivity index is 3.17. The van der Waals surface area contributed by atoms with Gasteiger partial charge in [0.1, 0.15) is 18.4 Å². The van der Waals surface area contributed by atoms with Gasteiger partial charge in [0.25, 0.3) is 0 Å². The van der Waals surface area contributed by atoms with Gasteiger partial charge in [-0.2, -0.15) is 0 Å². The number of hydrogen-bond acceptors (Lipinski definition) is 9. The van der Waals surface area contributed by atoms with E-state index in [-0.39, 0.29) is 50.3 Å². The van der Waals surface area contributed by atoms with Crippen molar-refractivity contribution in [1.82, 2.24) is 20.4 Å². The molecule has 0 bridgehead atoms. The van der Waals surface area contributed by atoms with Crippen molar-refractivity contribution in [1.29, 1.82) is 5.41 Å². The van der Waals surface area contributed by atoms with Gasteiger partial charge in [0.05, 0.1) is 11.9 Å². The third kappa shape index (κ3) is 9.40. The van der Waals surface area contributed by atoms with Crippen LogP contribution in [0.1, 0.15) is 31.4 Å². The summed E-state index contributed by atoms with van der Waals surface area (Å²) in [6.07, 6.45) is 2.06. The van der Waals surface area contributed by atoms with E-state index in [4.69, 9.17) is 27.7 Å². The van der Waals surface area contributed by atoms with Crippen molar-refractivity contribution in [3.05, 3.63) is 18.2 Å². The summed E-state index contributed by atoms with van der Waals surface area (Å²) in [7, 11) is 0. The minimum atomic E-state index is -1.43. The Morgan fingerprint density at radius 1 is 1.12 bits per heavy atom. The zero-order chi connectivity index (χ0) is 25.1. The molecule has 3 atom stereocenters. The smallest absolute Gasteiger partial charge is 0.329 e. The van der Waals surface area contributed by atoms with Crippen molar-refractivity contribution in [3.8, 4) is 0 Å². The van der Waals surface area contributed by atoms with Crippen LogP contribution in [0.4, 0.5) is 0 Å². The lowest BCUT2D eigenvalue weighted by atomic mass is 10.1. The molecule has 1 aromatic rings. The minimum absolute atomic E-state index is 0.0275. The maximum Gasteiger partial charge on any atom is 0.329 e. The van der Waals surface area contributed by atoms with Crippen LogP contribution in [0.15, 0.2) is 12.5 Å². The Hall–Kier alpha value is -3.92. The van der Waals surface area contributed by atoms with Gasteiger partial charge in [-0.05, 0) is 19.3 Å². The fraction of sp³-hybridized carbons (Fsp3) is 0.529. The standard InChI is InChI=1S/C17H29N9O7/c18-10(14(28)29)6-9-7-25(8-23-9)26(12(16(32)33)3-4-13(19)27)24-11(15(30)31)2-1-5-22-17(20)21/h7-8,10-12,24H,1-6,18H2,(H2,19,27)(H,28,29)(H,30,31)(H,32,33)(H4,20,21,22)/t10-,11-,12-/m0/s1. The van der Waals surface area contributed by atoms with Crippen molar-refractivity contribution < 1.29 is 34.5 Å². The van der Waals surface area contributed by atoms with Gasteiger partial charge in [0, 0.05) is 19.4 Å². The molecule has 0 aromatic carbocycles. The van der Waals surface area contributed by atoms with Gasteiger partial charge < -0.3 is 37.8 Å². The van der Waals surface area contributed by atoms with Gasteiger partial charge in [-0.3, -0.25) is 19.8 Å². The first-order valence-corrected chi connectivity index (χ1v) is 9.81. The number of amides is 1. The first-order valence-electron chi connectivity index (χ1n) is 9.81. The summed E-state index contributed by atoms with van der Waals surface area (Å²) in [4.78, 5) is 49.9. The molecule has 0 aliphatic heterocycles. The number of carbonyl (C=O) groups excluding carboxylic acids is 1. The molecule has 1 aromatic heterocycles. The number of hydrazine groups is 1. The molecule has 16 nitrogen and oxygen atoms in total. The van der Waals surface area contributed by atoms with E-state index in [1.165, 1.54) is 6.20 Å². The molecule has 0 saturated heterocycles. The Morgan fingerprint density at radius 3 is 2.30 bits per heavy atom. The van der Waals surface area contributed by atoms with Crippen LogP contribution < -0.4 is 33.1 Å². The van der Waals surface area contributed by atoms with Crippen LogP contribution in [-0.4, -0.2) is 79.4 Å². The van der Waals surface area contributed by atoms with Gasteiger partial charge in [0.15, 0.2) is 12.0 Å². The third-order valence-electron chi connectivity index (χ3n) is 4.43. The van der Waals surface area contributed by atoms with Crippen LogP contribution in [0.2, 0.25) is 0 Å². The highest BCUT2D eigenvalue weighted by Crippen LogP contribution is 2.10. The lowest BCUT2D eigenvalue weighted by Crippen LogP contribution is -2.60. The fourth-order valence-electron chi connectivity index (χ4n) is 2.77. The van der Waals surface area contributed by atoms with E-state index >= 15 is 0 Å². The highest BCUT2D eigenvalue weighted by Gasteiger charge is 2.31. The second-order valence-corrected chi connectivity index (χ2v) is 7.10. The van der Waals surface area contributed by atoms with Crippen molar-refractivity contribution >= 4 is 29.8 Å². The number of carbonyl (C=O) groups is 4. The normalized spacial score (nSPS) is 13.5. The van der Waals surface area contributed by atoms with Gasteiger partial charge in [-0.15, -0.1) is 0 Å². The number of carboxylic acids is 3. The summed E-state index contributed by atoms with van der Waals surface area (Å²) < 4.78 is 1.15. The number of aliphatic carboxylic acids is 3. The molecule has 0 unspecified atom stereocenters. The Bertz CT molecular complexity index is 860. The SMILES string of the molecule is N=C(N)NCCC[C@H](NN([C@@H](CCC(N)=O)C(=O)O)n1cnc(C[C@H](N)C(=O)O)c1)C(=O)O. The van der Waals surface area contributed by atoms with E-state index in [0.717, 1.165) is 16.1 Å². The van der Waals surface area contributed by atoms with E-state index in [9.17, 15) is 29.4 Å². The summed E-state index contributed by atoms with van der Waals surface area (Å²) >= 11 is 0. The van der Waals surface area contributed by atoms with E-state index < -0.39 is 41.9 Å². The Morgan fingerprint density at radius 2 is 1.79 bits per heavy atom. The third-order valence-corrected chi connectivity index (χ3v) is 4.43. The van der Waals surface area contributed by atoms with Crippen molar-refractivity contribution in [2.24, 2.45) is 17.2 Å². The minimum Gasteiger partial charge on any atom is -0.480 e. The molecule has 0 aliphatic carbocycles. The fourth-order valence-corrected chi connectivity index (χ4v) is 2.77. The topological polar surface area (TPSA) is 276 Å². The molecule has 184 valence electrons. The average molecular weight is 471 g/mol. The molecule has 1 rings (SSSR count). The number of primary amides is 1. The number of carboxylic acid groups (broad SMARTS) is 3. The predicted octanol–water partition coefficient (Wildman–Crippen LogP) is -3.28. The van der Waals surface area contributed by atoms with Crippen LogP contribution in [0.25, 0.3) is 0 Å². The lowest BCUT2D eigenvalue weighted by Gasteiger charge is -2.33. The maximum absolute atomic E-state index is 11.9. The van der Waals surface area contributed by atoms with E-state index in [2.05, 4.69) is 15.7 Å². The molecule has 16 heteroatoms. The van der Waals surface area contributed by atoms with Crippen LogP contribution in [0.5, 0.6) is 0 Å².